The molecule has 3 aromatic rings. The van der Waals surface area contributed by atoms with Gasteiger partial charge in [-0.15, -0.1) is 13.1 Å². The fourth-order valence-electron chi connectivity index (χ4n) is 4.40. The van der Waals surface area contributed by atoms with E-state index in [-0.39, 0.29) is 23.3 Å². The Morgan fingerprint density at radius 2 is 1.68 bits per heavy atom. The molecule has 0 aromatic heterocycles. The van der Waals surface area contributed by atoms with Gasteiger partial charge in [-0.3, -0.25) is 10.1 Å². The van der Waals surface area contributed by atoms with Gasteiger partial charge in [0.15, 0.2) is 0 Å². The lowest BCUT2D eigenvalue weighted by Gasteiger charge is -2.43. The number of ether oxygens (including phenoxy) is 1. The lowest BCUT2D eigenvalue weighted by atomic mass is 9.74. The Kier molecular flexibility index (Phi) is 7.00. The van der Waals surface area contributed by atoms with Crippen LogP contribution in [0.25, 0.3) is 16.4 Å². The number of piperidine rings is 1. The molecule has 1 saturated heterocycles. The smallest absolute Gasteiger partial charge is 0.416 e. The molecule has 0 radical (unpaired) electrons. The molecule has 178 valence electrons. The zero-order valence-electron chi connectivity index (χ0n) is 18.4. The molecule has 1 aliphatic rings. The van der Waals surface area contributed by atoms with E-state index < -0.39 is 16.7 Å². The first-order chi connectivity index (χ1) is 16.3. The van der Waals surface area contributed by atoms with Crippen LogP contribution in [-0.4, -0.2) is 24.6 Å². The molecule has 0 spiro atoms. The maximum atomic E-state index is 13.6. The Bertz CT molecular complexity index is 1140. The second-order valence-electron chi connectivity index (χ2n) is 8.53. The van der Waals surface area contributed by atoms with Crippen LogP contribution < -0.4 is 0 Å². The van der Waals surface area contributed by atoms with E-state index in [9.17, 15) is 23.3 Å². The first-order valence-corrected chi connectivity index (χ1v) is 11.0. The zero-order valence-corrected chi connectivity index (χ0v) is 18.4. The molecular weight excluding hydrogens is 445 g/mol. The third kappa shape index (κ3) is 5.46. The second kappa shape index (κ2) is 9.95. The number of nitrogens with zero attached hydrogens (tertiary/aromatic N) is 2. The lowest BCUT2D eigenvalue weighted by molar-refractivity contribution is -0.384. The number of benzene rings is 3. The Labute approximate surface area is 195 Å². The molecule has 4 rings (SSSR count). The molecule has 0 aliphatic carbocycles. The molecular formula is C26H24F3N2O3-. The predicted octanol–water partition coefficient (Wildman–Crippen LogP) is 6.90. The highest BCUT2D eigenvalue weighted by atomic mass is 19.4. The lowest BCUT2D eigenvalue weighted by Crippen LogP contribution is -2.36. The Morgan fingerprint density at radius 3 is 2.35 bits per heavy atom. The van der Waals surface area contributed by atoms with Crippen LogP contribution in [0.2, 0.25) is 0 Å². The van der Waals surface area contributed by atoms with Crippen molar-refractivity contribution in [1.82, 2.24) is 0 Å². The molecule has 8 heteroatoms. The van der Waals surface area contributed by atoms with Gasteiger partial charge in [0.25, 0.3) is 5.69 Å². The van der Waals surface area contributed by atoms with Crippen LogP contribution in [0, 0.1) is 10.1 Å². The minimum atomic E-state index is -4.55. The fourth-order valence-corrected chi connectivity index (χ4v) is 4.40. The topological polar surface area (TPSA) is 66.5 Å². The third-order valence-electron chi connectivity index (χ3n) is 6.24. The van der Waals surface area contributed by atoms with Crippen molar-refractivity contribution in [2.24, 2.45) is 0 Å². The summed E-state index contributed by atoms with van der Waals surface area (Å²) in [6.07, 6.45) is -2.92. The molecule has 1 fully saturated rings. The van der Waals surface area contributed by atoms with Crippen LogP contribution in [0.4, 0.5) is 18.9 Å². The number of nitro groups is 1. The standard InChI is InChI=1S/C26H24F3N2O3/c27-26(28,29)23-14-19(13-21(15-23)20-5-4-8-24(16-20)31(32)33)17-34-18-25(9-11-30-12-10-25)22-6-2-1-3-7-22/h1-8,13-16H,9-12,17-18H2/q-1. The van der Waals surface area contributed by atoms with Gasteiger partial charge in [-0.1, -0.05) is 55.3 Å². The molecule has 0 N–H and O–H groups in total. The summed E-state index contributed by atoms with van der Waals surface area (Å²) >= 11 is 0. The number of rotatable bonds is 7. The monoisotopic (exact) mass is 469 g/mol. The highest BCUT2D eigenvalue weighted by Gasteiger charge is 2.33. The van der Waals surface area contributed by atoms with Crippen molar-refractivity contribution in [1.29, 1.82) is 0 Å². The molecule has 5 nitrogen and oxygen atoms in total. The summed E-state index contributed by atoms with van der Waals surface area (Å²) in [6, 6.07) is 19.3. The number of halogens is 3. The number of non-ortho nitro benzene ring substituents is 1. The van der Waals surface area contributed by atoms with Crippen LogP contribution in [0.5, 0.6) is 0 Å². The van der Waals surface area contributed by atoms with E-state index in [0.29, 0.717) is 17.7 Å². The van der Waals surface area contributed by atoms with Gasteiger partial charge in [-0.05, 0) is 40.5 Å². The van der Waals surface area contributed by atoms with Crippen molar-refractivity contribution in [2.75, 3.05) is 19.7 Å². The summed E-state index contributed by atoms with van der Waals surface area (Å²) < 4.78 is 46.8. The van der Waals surface area contributed by atoms with Crippen molar-refractivity contribution in [2.45, 2.75) is 31.0 Å². The molecule has 0 unspecified atom stereocenters. The third-order valence-corrected chi connectivity index (χ3v) is 6.24. The summed E-state index contributed by atoms with van der Waals surface area (Å²) in [5.41, 5.74) is 0.881. The molecule has 0 bridgehead atoms. The predicted molar refractivity (Wildman–Crippen MR) is 124 cm³/mol. The van der Waals surface area contributed by atoms with E-state index in [2.05, 4.69) is 17.4 Å². The van der Waals surface area contributed by atoms with E-state index >= 15 is 0 Å². The van der Waals surface area contributed by atoms with E-state index in [0.717, 1.165) is 43.6 Å². The van der Waals surface area contributed by atoms with Crippen LogP contribution >= 0.6 is 0 Å². The Balaban J connectivity index is 1.59. The van der Waals surface area contributed by atoms with E-state index in [1.165, 1.54) is 18.2 Å². The van der Waals surface area contributed by atoms with E-state index in [1.807, 2.05) is 18.2 Å². The molecule has 0 saturated carbocycles. The van der Waals surface area contributed by atoms with Gasteiger partial charge < -0.3 is 10.1 Å². The second-order valence-corrected chi connectivity index (χ2v) is 8.53. The molecule has 0 atom stereocenters. The summed E-state index contributed by atoms with van der Waals surface area (Å²) in [4.78, 5) is 10.5. The van der Waals surface area contributed by atoms with Gasteiger partial charge >= 0.3 is 6.18 Å². The first kappa shape index (κ1) is 23.9. The maximum absolute atomic E-state index is 13.6. The van der Waals surface area contributed by atoms with E-state index in [1.54, 1.807) is 12.1 Å². The average Bonchev–Trinajstić information content (AvgIpc) is 2.84. The molecule has 1 heterocycles. The van der Waals surface area contributed by atoms with Crippen molar-refractivity contribution in [3.63, 3.8) is 0 Å². The van der Waals surface area contributed by atoms with Gasteiger partial charge in [0, 0.05) is 17.5 Å². The summed E-state index contributed by atoms with van der Waals surface area (Å²) in [5, 5.41) is 15.6. The maximum Gasteiger partial charge on any atom is 0.416 e. The molecule has 1 aliphatic heterocycles. The van der Waals surface area contributed by atoms with Crippen molar-refractivity contribution in [3.8, 4) is 11.1 Å². The Morgan fingerprint density at radius 1 is 0.941 bits per heavy atom. The zero-order chi connectivity index (χ0) is 24.2. The average molecular weight is 469 g/mol. The van der Waals surface area contributed by atoms with Gasteiger partial charge in [-0.2, -0.15) is 13.2 Å². The largest absolute Gasteiger partial charge is 0.662 e. The molecule has 0 amide bonds. The normalized spacial score (nSPS) is 15.7. The van der Waals surface area contributed by atoms with Crippen LogP contribution in [0.1, 0.15) is 29.5 Å². The SMILES string of the molecule is O=[N+]([O-])c1cccc(-c2cc(COCC3(c4ccccc4)CC[N-]CC3)cc(C(F)(F)F)c2)c1. The highest BCUT2D eigenvalue weighted by Crippen LogP contribution is 2.38. The minimum absolute atomic E-state index is 0.00241. The van der Waals surface area contributed by atoms with Gasteiger partial charge in [0.1, 0.15) is 0 Å². The summed E-state index contributed by atoms with van der Waals surface area (Å²) in [5.74, 6) is 0. The first-order valence-electron chi connectivity index (χ1n) is 11.0. The van der Waals surface area contributed by atoms with E-state index in [4.69, 9.17) is 4.74 Å². The fraction of sp³-hybridized carbons (Fsp3) is 0.308. The van der Waals surface area contributed by atoms with Crippen molar-refractivity contribution in [3.05, 3.63) is 105 Å². The summed E-state index contributed by atoms with van der Waals surface area (Å²) in [6.45, 7) is 1.81. The quantitative estimate of drug-likeness (QED) is 0.279. The number of alkyl halides is 3. The number of nitro benzene ring substituents is 1. The van der Waals surface area contributed by atoms with Crippen molar-refractivity contribution >= 4 is 5.69 Å². The van der Waals surface area contributed by atoms with Crippen LogP contribution in [0.15, 0.2) is 72.8 Å². The molecule has 3 aromatic carbocycles. The van der Waals surface area contributed by atoms with Gasteiger partial charge in [-0.25, -0.2) is 0 Å². The van der Waals surface area contributed by atoms with Gasteiger partial charge in [0.05, 0.1) is 23.7 Å². The number of hydrogen-bond donors (Lipinski definition) is 0. The van der Waals surface area contributed by atoms with Crippen LogP contribution in [-0.2, 0) is 22.9 Å². The van der Waals surface area contributed by atoms with Crippen molar-refractivity contribution < 1.29 is 22.8 Å². The highest BCUT2D eigenvalue weighted by molar-refractivity contribution is 5.67. The summed E-state index contributed by atoms with van der Waals surface area (Å²) in [7, 11) is 0. The van der Waals surface area contributed by atoms with Gasteiger partial charge in [0.2, 0.25) is 0 Å². The molecule has 34 heavy (non-hydrogen) atoms. The Hall–Kier alpha value is -3.23. The minimum Gasteiger partial charge on any atom is -0.662 e. The number of hydrogen-bond acceptors (Lipinski definition) is 3. The van der Waals surface area contributed by atoms with Crippen LogP contribution in [0.3, 0.4) is 0 Å².